The van der Waals surface area contributed by atoms with Crippen LogP contribution in [0.4, 0.5) is 4.79 Å². The molecule has 4 aromatic rings. The van der Waals surface area contributed by atoms with Gasteiger partial charge in [-0.05, 0) is 48.4 Å². The number of aromatic nitrogens is 1. The molecule has 11 nitrogen and oxygen atoms in total. The number of ketones is 1. The highest BCUT2D eigenvalue weighted by molar-refractivity contribution is 7.20. The Hall–Kier alpha value is -5.10. The second-order valence-corrected chi connectivity index (χ2v) is 13.6. The number of nitrogens with one attached hydrogen (secondary N) is 4. The largest absolute Gasteiger partial charge is 0.445 e. The van der Waals surface area contributed by atoms with Gasteiger partial charge < -0.3 is 26.0 Å². The van der Waals surface area contributed by atoms with Gasteiger partial charge in [0.05, 0.1) is 16.3 Å². The number of alkyl carbamates (subject to hydrolysis) is 1. The second kappa shape index (κ2) is 16.8. The SMILES string of the molecule is CC(C)C[C@H](NC(=O)OCc1ccccc1)C(=O)N[C@@H](Cc1ccccc1)C(=O)N[C@@H](C[C@@H]1CCNC1=O)C(=O)c1nc2ccccc2s1. The molecule has 12 heteroatoms. The van der Waals surface area contributed by atoms with Crippen molar-refractivity contribution in [3.05, 3.63) is 101 Å². The molecule has 4 atom stereocenters. The van der Waals surface area contributed by atoms with Crippen LogP contribution >= 0.6 is 11.3 Å². The molecule has 1 aliphatic rings. The molecule has 1 aliphatic heterocycles. The topological polar surface area (TPSA) is 156 Å². The minimum atomic E-state index is -1.10. The van der Waals surface area contributed by atoms with E-state index in [2.05, 4.69) is 26.3 Å². The molecule has 4 amide bonds. The molecule has 2 heterocycles. The van der Waals surface area contributed by atoms with Crippen molar-refractivity contribution >= 4 is 51.2 Å². The van der Waals surface area contributed by atoms with Gasteiger partial charge >= 0.3 is 6.09 Å². The maximum absolute atomic E-state index is 14.1. The van der Waals surface area contributed by atoms with Gasteiger partial charge in [0.15, 0.2) is 5.01 Å². The number of rotatable bonds is 15. The summed E-state index contributed by atoms with van der Waals surface area (Å²) in [6.07, 6.45) is 0.276. The van der Waals surface area contributed by atoms with Gasteiger partial charge in [-0.2, -0.15) is 0 Å². The predicted molar refractivity (Wildman–Crippen MR) is 187 cm³/mol. The van der Waals surface area contributed by atoms with E-state index in [1.165, 1.54) is 11.3 Å². The molecule has 5 rings (SSSR count). The van der Waals surface area contributed by atoms with Gasteiger partial charge in [-0.25, -0.2) is 9.78 Å². The summed E-state index contributed by atoms with van der Waals surface area (Å²) in [4.78, 5) is 71.6. The summed E-state index contributed by atoms with van der Waals surface area (Å²) in [6, 6.07) is 22.6. The van der Waals surface area contributed by atoms with Crippen LogP contribution in [0.25, 0.3) is 10.2 Å². The highest BCUT2D eigenvalue weighted by Crippen LogP contribution is 2.25. The number of Topliss-reactive ketones (excluding diaryl/α,β-unsaturated/α-hetero) is 1. The van der Waals surface area contributed by atoms with Gasteiger partial charge in [-0.1, -0.05) is 86.6 Å². The molecule has 4 N–H and O–H groups in total. The second-order valence-electron chi connectivity index (χ2n) is 12.6. The van der Waals surface area contributed by atoms with Crippen LogP contribution in [0.15, 0.2) is 84.9 Å². The number of ether oxygens (including phenoxy) is 1. The summed E-state index contributed by atoms with van der Waals surface area (Å²) in [7, 11) is 0. The van der Waals surface area contributed by atoms with E-state index in [0.29, 0.717) is 24.9 Å². The Morgan fingerprint density at radius 3 is 2.12 bits per heavy atom. The molecular weight excluding hydrogens is 643 g/mol. The van der Waals surface area contributed by atoms with Crippen molar-refractivity contribution in [3.8, 4) is 0 Å². The molecular formula is C37H41N5O6S. The van der Waals surface area contributed by atoms with Gasteiger partial charge in [0.25, 0.3) is 0 Å². The molecule has 256 valence electrons. The van der Waals surface area contributed by atoms with E-state index in [0.717, 1.165) is 15.8 Å². The molecule has 49 heavy (non-hydrogen) atoms. The lowest BCUT2D eigenvalue weighted by Gasteiger charge is -2.26. The van der Waals surface area contributed by atoms with Gasteiger partial charge in [0.2, 0.25) is 23.5 Å². The number of benzene rings is 3. The monoisotopic (exact) mass is 683 g/mol. The molecule has 1 fully saturated rings. The smallest absolute Gasteiger partial charge is 0.408 e. The molecule has 0 bridgehead atoms. The van der Waals surface area contributed by atoms with Crippen LogP contribution in [-0.4, -0.2) is 59.3 Å². The molecule has 1 saturated heterocycles. The third kappa shape index (κ3) is 9.96. The zero-order chi connectivity index (χ0) is 34.8. The maximum atomic E-state index is 14.1. The summed E-state index contributed by atoms with van der Waals surface area (Å²) < 4.78 is 6.20. The number of para-hydroxylation sites is 1. The lowest BCUT2D eigenvalue weighted by atomic mass is 9.95. The van der Waals surface area contributed by atoms with Crippen molar-refractivity contribution in [1.29, 1.82) is 0 Å². The fourth-order valence-electron chi connectivity index (χ4n) is 5.73. The van der Waals surface area contributed by atoms with Gasteiger partial charge in [0.1, 0.15) is 18.7 Å². The Labute approximate surface area is 289 Å². The molecule has 0 saturated carbocycles. The summed E-state index contributed by atoms with van der Waals surface area (Å²) in [5, 5.41) is 11.4. The molecule has 0 aliphatic carbocycles. The Morgan fingerprint density at radius 2 is 1.47 bits per heavy atom. The van der Waals surface area contributed by atoms with Crippen LogP contribution in [0.1, 0.15) is 54.0 Å². The molecule has 0 spiro atoms. The number of fused-ring (bicyclic) bond motifs is 1. The Morgan fingerprint density at radius 1 is 0.837 bits per heavy atom. The van der Waals surface area contributed by atoms with E-state index in [1.807, 2.05) is 98.8 Å². The quantitative estimate of drug-likeness (QED) is 0.134. The summed E-state index contributed by atoms with van der Waals surface area (Å²) in [5.41, 5.74) is 2.25. The van der Waals surface area contributed by atoms with Crippen LogP contribution < -0.4 is 21.3 Å². The third-order valence-corrected chi connectivity index (χ3v) is 9.32. The van der Waals surface area contributed by atoms with Gasteiger partial charge in [0, 0.05) is 18.9 Å². The minimum absolute atomic E-state index is 0.0277. The lowest BCUT2D eigenvalue weighted by Crippen LogP contribution is -2.57. The van der Waals surface area contributed by atoms with Crippen LogP contribution in [0.3, 0.4) is 0 Å². The van der Waals surface area contributed by atoms with Crippen molar-refractivity contribution < 1.29 is 28.7 Å². The van der Waals surface area contributed by atoms with E-state index in [9.17, 15) is 24.0 Å². The van der Waals surface area contributed by atoms with Crippen LogP contribution in [0.5, 0.6) is 0 Å². The summed E-state index contributed by atoms with van der Waals surface area (Å²) in [5.74, 6) is -2.17. The lowest BCUT2D eigenvalue weighted by molar-refractivity contribution is -0.130. The molecule has 1 aromatic heterocycles. The first-order valence-electron chi connectivity index (χ1n) is 16.5. The number of carbonyl (C=O) groups is 5. The Balaban J connectivity index is 1.35. The third-order valence-electron chi connectivity index (χ3n) is 8.26. The first-order valence-corrected chi connectivity index (χ1v) is 17.3. The van der Waals surface area contributed by atoms with Crippen molar-refractivity contribution in [2.45, 2.75) is 64.3 Å². The van der Waals surface area contributed by atoms with E-state index in [4.69, 9.17) is 4.74 Å². The number of nitrogens with zero attached hydrogens (tertiary/aromatic N) is 1. The first kappa shape index (κ1) is 35.2. The number of hydrogen-bond donors (Lipinski definition) is 4. The van der Waals surface area contributed by atoms with Crippen molar-refractivity contribution in [1.82, 2.24) is 26.3 Å². The van der Waals surface area contributed by atoms with Gasteiger partial charge in [-0.15, -0.1) is 11.3 Å². The van der Waals surface area contributed by atoms with E-state index in [-0.39, 0.29) is 36.3 Å². The van der Waals surface area contributed by atoms with Gasteiger partial charge in [-0.3, -0.25) is 19.2 Å². The molecule has 0 unspecified atom stereocenters. The van der Waals surface area contributed by atoms with Crippen molar-refractivity contribution in [2.24, 2.45) is 11.8 Å². The average molecular weight is 684 g/mol. The number of amides is 4. The van der Waals surface area contributed by atoms with E-state index < -0.39 is 47.7 Å². The minimum Gasteiger partial charge on any atom is -0.445 e. The zero-order valence-electron chi connectivity index (χ0n) is 27.5. The van der Waals surface area contributed by atoms with Crippen LogP contribution in [-0.2, 0) is 32.1 Å². The highest BCUT2D eigenvalue weighted by Gasteiger charge is 2.35. The Bertz CT molecular complexity index is 1730. The average Bonchev–Trinajstić information content (AvgIpc) is 3.72. The van der Waals surface area contributed by atoms with Crippen molar-refractivity contribution in [3.63, 3.8) is 0 Å². The first-order chi connectivity index (χ1) is 23.7. The van der Waals surface area contributed by atoms with E-state index >= 15 is 0 Å². The Kier molecular flexibility index (Phi) is 12.1. The zero-order valence-corrected chi connectivity index (χ0v) is 28.3. The fraction of sp³-hybridized carbons (Fsp3) is 0.351. The predicted octanol–water partition coefficient (Wildman–Crippen LogP) is 4.56. The number of carbonyl (C=O) groups excluding carboxylic acids is 5. The van der Waals surface area contributed by atoms with Crippen LogP contribution in [0.2, 0.25) is 0 Å². The highest BCUT2D eigenvalue weighted by atomic mass is 32.1. The van der Waals surface area contributed by atoms with Crippen molar-refractivity contribution in [2.75, 3.05) is 6.54 Å². The summed E-state index contributed by atoms with van der Waals surface area (Å²) >= 11 is 1.22. The number of hydrogen-bond acceptors (Lipinski definition) is 8. The standard InChI is InChI=1S/C37H41N5O6S/c1-23(2)19-29(42-37(47)48-22-25-13-7-4-8-14-25)34(45)40-30(20-24-11-5-3-6-12-24)35(46)39-28(21-26-17-18-38-33(26)44)32(43)36-41-27-15-9-10-16-31(27)49-36/h3-16,23,26,28-30H,17-22H2,1-2H3,(H,38,44)(H,39,46)(H,40,45)(H,42,47)/t26-,28-,29-,30-/m0/s1. The normalized spacial score (nSPS) is 16.0. The molecule has 3 aromatic carbocycles. The summed E-state index contributed by atoms with van der Waals surface area (Å²) in [6.45, 7) is 4.36. The van der Waals surface area contributed by atoms with E-state index in [1.54, 1.807) is 0 Å². The maximum Gasteiger partial charge on any atom is 0.408 e. The fourth-order valence-corrected chi connectivity index (χ4v) is 6.69. The number of thiazole rings is 1. The molecule has 0 radical (unpaired) electrons. The van der Waals surface area contributed by atoms with Crippen LogP contribution in [0, 0.1) is 11.8 Å².